The van der Waals surface area contributed by atoms with E-state index < -0.39 is 0 Å². The van der Waals surface area contributed by atoms with Crippen molar-refractivity contribution in [1.29, 1.82) is 0 Å². The zero-order chi connectivity index (χ0) is 25.1. The molecule has 1 aliphatic rings. The molecule has 0 saturated carbocycles. The van der Waals surface area contributed by atoms with Gasteiger partial charge >= 0.3 is 0 Å². The number of rotatable bonds is 2. The molecule has 1 aliphatic heterocycles. The summed E-state index contributed by atoms with van der Waals surface area (Å²) in [5.74, 6) is 1.52. The van der Waals surface area contributed by atoms with Crippen molar-refractivity contribution in [3.63, 3.8) is 0 Å². The van der Waals surface area contributed by atoms with Gasteiger partial charge in [0.2, 0.25) is 0 Å². The molecule has 32 heavy (non-hydrogen) atoms. The van der Waals surface area contributed by atoms with E-state index in [1.165, 1.54) is 23.1 Å². The third kappa shape index (κ3) is 9.02. The summed E-state index contributed by atoms with van der Waals surface area (Å²) in [6.45, 7) is 24.6. The summed E-state index contributed by atoms with van der Waals surface area (Å²) in [7, 11) is 2.08. The normalized spacial score (nSPS) is 16.5. The number of allylic oxidation sites excluding steroid dienone is 5. The van der Waals surface area contributed by atoms with E-state index in [4.69, 9.17) is 4.98 Å². The number of aryl methyl sites for hydroxylation is 1. The highest BCUT2D eigenvalue weighted by atomic mass is 15.0. The van der Waals surface area contributed by atoms with Gasteiger partial charge in [0, 0.05) is 18.8 Å². The number of aromatic nitrogens is 2. The minimum absolute atomic E-state index is 0.479. The van der Waals surface area contributed by atoms with Gasteiger partial charge in [-0.1, -0.05) is 112 Å². The molecule has 2 nitrogen and oxygen atoms in total. The maximum Gasteiger partial charge on any atom is 0.140 e. The Hall–Kier alpha value is -2.35. The molecule has 0 fully saturated rings. The Morgan fingerprint density at radius 2 is 1.59 bits per heavy atom. The molecule has 0 N–H and O–H groups in total. The number of hydrogen-bond acceptors (Lipinski definition) is 1. The van der Waals surface area contributed by atoms with Gasteiger partial charge in [0.1, 0.15) is 5.82 Å². The molecular weight excluding hydrogens is 388 g/mol. The first-order valence-electron chi connectivity index (χ1n) is 12.7. The second-order valence-corrected chi connectivity index (χ2v) is 6.83. The highest BCUT2D eigenvalue weighted by Gasteiger charge is 2.20. The van der Waals surface area contributed by atoms with E-state index in [0.29, 0.717) is 5.92 Å². The number of hydrogen-bond donors (Lipinski definition) is 0. The molecule has 2 heteroatoms. The molecule has 1 aromatic carbocycles. The Kier molecular flexibility index (Phi) is 19.2. The van der Waals surface area contributed by atoms with Gasteiger partial charge < -0.3 is 4.57 Å². The Labute approximate surface area is 200 Å². The van der Waals surface area contributed by atoms with Crippen molar-refractivity contribution < 1.29 is 0 Å². The van der Waals surface area contributed by atoms with E-state index in [9.17, 15) is 0 Å². The first-order chi connectivity index (χ1) is 15.6. The van der Waals surface area contributed by atoms with Crippen LogP contribution in [0.5, 0.6) is 0 Å². The first-order valence-corrected chi connectivity index (χ1v) is 12.7. The van der Waals surface area contributed by atoms with Gasteiger partial charge in [-0.3, -0.25) is 0 Å². The smallest absolute Gasteiger partial charge is 0.140 e. The minimum Gasteiger partial charge on any atom is -0.333 e. The molecule has 2 aromatic rings. The Morgan fingerprint density at radius 1 is 1.03 bits per heavy atom. The fraction of sp³-hybridized carbons (Fsp3) is 0.500. The molecule has 2 heterocycles. The third-order valence-electron chi connectivity index (χ3n) is 4.70. The SMILES string of the molecule is C=C/C1=C\C(=C/C)c2cn(C)c(n2)-c2ccccc2C(CC)C1.CC.CC.CC.CCC. The molecular formula is C30H50N2. The van der Waals surface area contributed by atoms with Crippen molar-refractivity contribution in [3.8, 4) is 11.4 Å². The molecule has 0 amide bonds. The van der Waals surface area contributed by atoms with Gasteiger partial charge in [-0.2, -0.15) is 0 Å². The largest absolute Gasteiger partial charge is 0.333 e. The highest BCUT2D eigenvalue weighted by Crippen LogP contribution is 2.37. The van der Waals surface area contributed by atoms with Crippen LogP contribution in [-0.2, 0) is 7.05 Å². The molecule has 0 spiro atoms. The van der Waals surface area contributed by atoms with Gasteiger partial charge in [-0.05, 0) is 48.5 Å². The molecule has 2 bridgehead atoms. The van der Waals surface area contributed by atoms with Crippen LogP contribution >= 0.6 is 0 Å². The van der Waals surface area contributed by atoms with Crippen molar-refractivity contribution in [2.45, 2.75) is 94.4 Å². The molecule has 180 valence electrons. The van der Waals surface area contributed by atoms with Crippen molar-refractivity contribution in [2.75, 3.05) is 0 Å². The standard InChI is InChI=1S/C21H24N2.C3H8.3C2H6/c1-5-15-12-16(6-2)18-10-8-9-11-19(18)21-22-20(14-23(21)4)17(7-3)13-15;1-3-2;3*1-2/h5,7-11,13-14,16H,1,6,12H2,2-4H3;3H2,1-2H3;3*1-2H3/b15-13+,17-7+;;;;. The second-order valence-electron chi connectivity index (χ2n) is 6.83. The maximum atomic E-state index is 4.92. The van der Waals surface area contributed by atoms with E-state index in [-0.39, 0.29) is 0 Å². The fourth-order valence-electron chi connectivity index (χ4n) is 3.38. The average Bonchev–Trinajstić information content (AvgIpc) is 3.24. The third-order valence-corrected chi connectivity index (χ3v) is 4.70. The topological polar surface area (TPSA) is 17.8 Å². The molecule has 1 aromatic heterocycles. The van der Waals surface area contributed by atoms with Crippen LogP contribution in [0.25, 0.3) is 17.0 Å². The average molecular weight is 439 g/mol. The zero-order valence-corrected chi connectivity index (χ0v) is 22.9. The quantitative estimate of drug-likeness (QED) is 0.456. The lowest BCUT2D eigenvalue weighted by atomic mass is 9.85. The highest BCUT2D eigenvalue weighted by molar-refractivity contribution is 5.75. The summed E-state index contributed by atoms with van der Waals surface area (Å²) < 4.78 is 2.14. The van der Waals surface area contributed by atoms with Crippen LogP contribution in [-0.4, -0.2) is 9.55 Å². The predicted octanol–water partition coefficient (Wildman–Crippen LogP) is 9.99. The van der Waals surface area contributed by atoms with Crippen LogP contribution in [0.4, 0.5) is 0 Å². The monoisotopic (exact) mass is 438 g/mol. The Bertz CT molecular complexity index is 806. The van der Waals surface area contributed by atoms with Gasteiger partial charge in [0.05, 0.1) is 5.69 Å². The first kappa shape index (κ1) is 31.8. The van der Waals surface area contributed by atoms with Crippen LogP contribution in [0.2, 0.25) is 0 Å². The van der Waals surface area contributed by atoms with E-state index in [1.54, 1.807) is 0 Å². The van der Waals surface area contributed by atoms with Crippen molar-refractivity contribution >= 4 is 5.57 Å². The fourth-order valence-corrected chi connectivity index (χ4v) is 3.38. The summed E-state index contributed by atoms with van der Waals surface area (Å²) in [5, 5.41) is 0. The lowest BCUT2D eigenvalue weighted by Crippen LogP contribution is -2.04. The minimum atomic E-state index is 0.479. The number of fused-ring (bicyclic) bond motifs is 4. The van der Waals surface area contributed by atoms with Crippen LogP contribution in [0.1, 0.15) is 106 Å². The van der Waals surface area contributed by atoms with Crippen LogP contribution in [0.3, 0.4) is 0 Å². The predicted molar refractivity (Wildman–Crippen MR) is 148 cm³/mol. The summed E-state index contributed by atoms with van der Waals surface area (Å²) in [4.78, 5) is 4.92. The number of benzene rings is 1. The molecule has 0 radical (unpaired) electrons. The lowest BCUT2D eigenvalue weighted by molar-refractivity contribution is 0.663. The van der Waals surface area contributed by atoms with E-state index in [2.05, 4.69) is 88.5 Å². The lowest BCUT2D eigenvalue weighted by Gasteiger charge is -2.20. The maximum absolute atomic E-state index is 4.92. The van der Waals surface area contributed by atoms with E-state index in [1.807, 2.05) is 47.6 Å². The Balaban J connectivity index is 0. The van der Waals surface area contributed by atoms with Crippen LogP contribution < -0.4 is 0 Å². The zero-order valence-electron chi connectivity index (χ0n) is 22.9. The molecule has 3 rings (SSSR count). The van der Waals surface area contributed by atoms with E-state index in [0.717, 1.165) is 29.9 Å². The van der Waals surface area contributed by atoms with Crippen molar-refractivity contribution in [1.82, 2.24) is 9.55 Å². The Morgan fingerprint density at radius 3 is 2.09 bits per heavy atom. The second kappa shape index (κ2) is 19.3. The van der Waals surface area contributed by atoms with Gasteiger partial charge in [0.25, 0.3) is 0 Å². The van der Waals surface area contributed by atoms with E-state index >= 15 is 0 Å². The summed E-state index contributed by atoms with van der Waals surface area (Å²) >= 11 is 0. The van der Waals surface area contributed by atoms with Gasteiger partial charge in [-0.25, -0.2) is 4.98 Å². The summed E-state index contributed by atoms with van der Waals surface area (Å²) in [6.07, 6.45) is 11.8. The van der Waals surface area contributed by atoms with Gasteiger partial charge in [-0.15, -0.1) is 0 Å². The molecule has 1 unspecified atom stereocenters. The summed E-state index contributed by atoms with van der Waals surface area (Å²) in [6, 6.07) is 8.67. The van der Waals surface area contributed by atoms with Crippen molar-refractivity contribution in [3.05, 3.63) is 72.1 Å². The van der Waals surface area contributed by atoms with Crippen LogP contribution in [0, 0.1) is 0 Å². The number of imidazole rings is 1. The molecule has 1 atom stereocenters. The summed E-state index contributed by atoms with van der Waals surface area (Å²) in [5.41, 5.74) is 6.08. The molecule has 0 aliphatic carbocycles. The molecule has 0 saturated heterocycles. The van der Waals surface area contributed by atoms with Crippen molar-refractivity contribution in [2.24, 2.45) is 7.05 Å². The number of nitrogens with zero attached hydrogens (tertiary/aromatic N) is 2. The van der Waals surface area contributed by atoms with Gasteiger partial charge in [0.15, 0.2) is 0 Å². The van der Waals surface area contributed by atoms with Crippen LogP contribution in [0.15, 0.2) is 60.8 Å².